The zero-order valence-electron chi connectivity index (χ0n) is 11.3. The summed E-state index contributed by atoms with van der Waals surface area (Å²) in [5.74, 6) is 0.815. The van der Waals surface area contributed by atoms with E-state index < -0.39 is 10.8 Å². The average Bonchev–Trinajstić information content (AvgIpc) is 2.50. The van der Waals surface area contributed by atoms with Gasteiger partial charge in [0.2, 0.25) is 0 Å². The molecule has 1 saturated heterocycles. The first-order valence-corrected chi connectivity index (χ1v) is 7.62. The molecule has 16 heavy (non-hydrogen) atoms. The fraction of sp³-hybridized carbons (Fsp3) is 0.846. The molecule has 94 valence electrons. The van der Waals surface area contributed by atoms with Gasteiger partial charge in [0.1, 0.15) is 0 Å². The molecule has 2 rings (SSSR count). The lowest BCUT2D eigenvalue weighted by molar-refractivity contribution is 0.252. The van der Waals surface area contributed by atoms with Gasteiger partial charge < -0.3 is 4.90 Å². The van der Waals surface area contributed by atoms with E-state index in [9.17, 15) is 4.21 Å². The van der Waals surface area contributed by atoms with Gasteiger partial charge in [-0.1, -0.05) is 25.0 Å². The Morgan fingerprint density at radius 1 is 1.19 bits per heavy atom. The van der Waals surface area contributed by atoms with Crippen LogP contribution in [0.3, 0.4) is 0 Å². The Morgan fingerprint density at radius 3 is 2.06 bits per heavy atom. The lowest BCUT2D eigenvalue weighted by atomic mass is 9.87. The van der Waals surface area contributed by atoms with Crippen molar-refractivity contribution in [3.05, 3.63) is 11.1 Å². The number of rotatable bonds is 0. The van der Waals surface area contributed by atoms with E-state index in [2.05, 4.69) is 25.8 Å². The van der Waals surface area contributed by atoms with Crippen LogP contribution >= 0.6 is 0 Å². The van der Waals surface area contributed by atoms with Crippen LogP contribution in [0.15, 0.2) is 11.1 Å². The monoisotopic (exact) mass is 243 g/mol. The quantitative estimate of drug-likeness (QED) is 0.610. The van der Waals surface area contributed by atoms with Crippen LogP contribution in [0.5, 0.6) is 0 Å². The van der Waals surface area contributed by atoms with E-state index in [1.165, 1.54) is 11.1 Å². The first-order valence-electron chi connectivity index (χ1n) is 6.30. The molecule has 2 heterocycles. The van der Waals surface area contributed by atoms with E-state index in [1.54, 1.807) is 0 Å². The van der Waals surface area contributed by atoms with Gasteiger partial charge in [0.15, 0.2) is 0 Å². The minimum absolute atomic E-state index is 0.0522. The fourth-order valence-electron chi connectivity index (χ4n) is 2.59. The van der Waals surface area contributed by atoms with Crippen LogP contribution in [-0.4, -0.2) is 39.7 Å². The summed E-state index contributed by atoms with van der Waals surface area (Å²) in [5.41, 5.74) is 2.79. The van der Waals surface area contributed by atoms with Crippen LogP contribution in [0.25, 0.3) is 0 Å². The Bertz CT molecular complexity index is 301. The van der Waals surface area contributed by atoms with Crippen LogP contribution in [-0.2, 0) is 10.8 Å². The molecule has 1 fully saturated rings. The summed E-state index contributed by atoms with van der Waals surface area (Å²) >= 11 is 0. The van der Waals surface area contributed by atoms with Gasteiger partial charge in [-0.3, -0.25) is 4.21 Å². The van der Waals surface area contributed by atoms with Gasteiger partial charge in [0.05, 0.1) is 4.75 Å². The van der Waals surface area contributed by atoms with Gasteiger partial charge in [-0.25, -0.2) is 0 Å². The highest BCUT2D eigenvalue weighted by Gasteiger charge is 2.45. The Balaban J connectivity index is 0.000000606. The van der Waals surface area contributed by atoms with E-state index in [0.717, 1.165) is 31.7 Å². The van der Waals surface area contributed by atoms with Crippen LogP contribution in [0.1, 0.15) is 40.5 Å². The molecule has 1 spiro atoms. The molecule has 0 N–H and O–H groups in total. The molecule has 3 heteroatoms. The minimum atomic E-state index is -0.644. The maximum absolute atomic E-state index is 12.1. The highest BCUT2D eigenvalue weighted by molar-refractivity contribution is 7.87. The highest BCUT2D eigenvalue weighted by Crippen LogP contribution is 2.41. The number of nitrogens with zero attached hydrogens (tertiary/aromatic N) is 1. The SMILES string of the molecule is CC.CC1=C(C)C2(CCN(C)CC2)S(=O)C1. The van der Waals surface area contributed by atoms with Crippen molar-refractivity contribution in [1.29, 1.82) is 0 Å². The van der Waals surface area contributed by atoms with Crippen LogP contribution in [0.4, 0.5) is 0 Å². The maximum atomic E-state index is 12.1. The van der Waals surface area contributed by atoms with Crippen LogP contribution in [0, 0.1) is 0 Å². The van der Waals surface area contributed by atoms with Gasteiger partial charge in [0, 0.05) is 16.6 Å². The molecule has 0 radical (unpaired) electrons. The third-order valence-corrected chi connectivity index (χ3v) is 6.18. The van der Waals surface area contributed by atoms with Crippen LogP contribution < -0.4 is 0 Å². The van der Waals surface area contributed by atoms with E-state index in [4.69, 9.17) is 0 Å². The van der Waals surface area contributed by atoms with E-state index in [1.807, 2.05) is 13.8 Å². The van der Waals surface area contributed by atoms with Crippen molar-refractivity contribution in [2.24, 2.45) is 0 Å². The van der Waals surface area contributed by atoms with E-state index in [0.29, 0.717) is 0 Å². The number of hydrogen-bond donors (Lipinski definition) is 0. The van der Waals surface area contributed by atoms with Crippen molar-refractivity contribution in [3.8, 4) is 0 Å². The topological polar surface area (TPSA) is 20.3 Å². The second kappa shape index (κ2) is 5.46. The first-order chi connectivity index (χ1) is 7.56. The molecule has 2 aliphatic heterocycles. The molecular formula is C13H25NOS. The smallest absolute Gasteiger partial charge is 0.0695 e. The van der Waals surface area contributed by atoms with Gasteiger partial charge in [0.25, 0.3) is 0 Å². The average molecular weight is 243 g/mol. The largest absolute Gasteiger partial charge is 0.306 e. The Labute approximate surface area is 103 Å². The second-order valence-electron chi connectivity index (χ2n) is 4.69. The fourth-order valence-corrected chi connectivity index (χ4v) is 4.62. The van der Waals surface area contributed by atoms with Gasteiger partial charge in [-0.2, -0.15) is 0 Å². The summed E-state index contributed by atoms with van der Waals surface area (Å²) in [7, 11) is 1.51. The predicted molar refractivity (Wildman–Crippen MR) is 72.2 cm³/mol. The second-order valence-corrected chi connectivity index (χ2v) is 6.45. The normalized spacial score (nSPS) is 29.2. The third kappa shape index (κ3) is 2.25. The van der Waals surface area contributed by atoms with Crippen molar-refractivity contribution in [1.82, 2.24) is 4.90 Å². The van der Waals surface area contributed by atoms with Crippen molar-refractivity contribution in [2.75, 3.05) is 25.9 Å². The highest BCUT2D eigenvalue weighted by atomic mass is 32.2. The standard InChI is InChI=1S/C11H19NOS.C2H6/c1-9-8-14(13)11(10(9)2)4-6-12(3)7-5-11;1-2/h4-8H2,1-3H3;1-2H3. The Morgan fingerprint density at radius 2 is 1.69 bits per heavy atom. The third-order valence-electron chi connectivity index (χ3n) is 3.90. The molecule has 0 aromatic carbocycles. The molecule has 0 amide bonds. The summed E-state index contributed by atoms with van der Waals surface area (Å²) in [5, 5.41) is 0. The van der Waals surface area contributed by atoms with Crippen molar-refractivity contribution in [2.45, 2.75) is 45.3 Å². The summed E-state index contributed by atoms with van der Waals surface area (Å²) in [6.07, 6.45) is 2.17. The van der Waals surface area contributed by atoms with Gasteiger partial charge in [-0.15, -0.1) is 0 Å². The summed E-state index contributed by atoms with van der Waals surface area (Å²) < 4.78 is 12.2. The van der Waals surface area contributed by atoms with Crippen molar-refractivity contribution >= 4 is 10.8 Å². The zero-order valence-corrected chi connectivity index (χ0v) is 12.1. The molecule has 0 aromatic rings. The molecule has 0 bridgehead atoms. The summed E-state index contributed by atoms with van der Waals surface area (Å²) in [6.45, 7) is 10.5. The molecule has 0 saturated carbocycles. The molecular weight excluding hydrogens is 218 g/mol. The number of hydrogen-bond acceptors (Lipinski definition) is 2. The Kier molecular flexibility index (Phi) is 4.74. The molecule has 0 aliphatic carbocycles. The van der Waals surface area contributed by atoms with Gasteiger partial charge >= 0.3 is 0 Å². The lowest BCUT2D eigenvalue weighted by Crippen LogP contribution is -2.44. The molecule has 1 unspecified atom stereocenters. The van der Waals surface area contributed by atoms with E-state index in [-0.39, 0.29) is 4.75 Å². The van der Waals surface area contributed by atoms with Crippen molar-refractivity contribution < 1.29 is 4.21 Å². The first kappa shape index (κ1) is 13.9. The molecule has 2 aliphatic rings. The molecule has 2 nitrogen and oxygen atoms in total. The molecule has 1 atom stereocenters. The Hall–Kier alpha value is -0.150. The lowest BCUT2D eigenvalue weighted by Gasteiger charge is -2.38. The predicted octanol–water partition coefficient (Wildman–Crippen LogP) is 2.58. The van der Waals surface area contributed by atoms with Gasteiger partial charge in [-0.05, 0) is 46.8 Å². The summed E-state index contributed by atoms with van der Waals surface area (Å²) in [6, 6.07) is 0. The van der Waals surface area contributed by atoms with Crippen LogP contribution in [0.2, 0.25) is 0 Å². The minimum Gasteiger partial charge on any atom is -0.306 e. The molecule has 0 aromatic heterocycles. The number of piperidine rings is 1. The number of likely N-dealkylation sites (tertiary alicyclic amines) is 1. The zero-order chi connectivity index (χ0) is 12.3. The van der Waals surface area contributed by atoms with E-state index >= 15 is 0 Å². The maximum Gasteiger partial charge on any atom is 0.0695 e. The summed E-state index contributed by atoms with van der Waals surface area (Å²) in [4.78, 5) is 2.34. The van der Waals surface area contributed by atoms with Crippen molar-refractivity contribution in [3.63, 3.8) is 0 Å².